The molecule has 14 rings (SSSR count). The monoisotopic (exact) mass is 911 g/mol. The number of para-hydroxylation sites is 2. The van der Waals surface area contributed by atoms with Crippen LogP contribution >= 0.6 is 11.3 Å². The molecule has 0 unspecified atom stereocenters. The molecule has 0 aliphatic carbocycles. The molecule has 0 bridgehead atoms. The Morgan fingerprint density at radius 3 is 1.90 bits per heavy atom. The third-order valence-electron chi connectivity index (χ3n) is 15.5. The lowest BCUT2D eigenvalue weighted by atomic mass is 9.35. The Balaban J connectivity index is 1.16. The van der Waals surface area contributed by atoms with Crippen LogP contribution in [0.15, 0.2) is 150 Å². The number of rotatable bonds is 2. The van der Waals surface area contributed by atoms with Gasteiger partial charge in [-0.15, -0.1) is 11.3 Å². The predicted molar refractivity (Wildman–Crippen MR) is 297 cm³/mol. The summed E-state index contributed by atoms with van der Waals surface area (Å²) in [6, 6.07) is 55.5. The normalized spacial score (nSPS) is 14.1. The summed E-state index contributed by atoms with van der Waals surface area (Å²) in [5, 5.41) is 6.15. The van der Waals surface area contributed by atoms with E-state index in [-0.39, 0.29) is 23.0 Å². The minimum atomic E-state index is -0.115. The summed E-state index contributed by atoms with van der Waals surface area (Å²) in [4.78, 5) is 5.28. The van der Waals surface area contributed by atoms with Crippen molar-refractivity contribution in [2.24, 2.45) is 0 Å². The number of aryl methyl sites for hydroxylation is 1. The van der Waals surface area contributed by atoms with E-state index >= 15 is 0 Å². The Labute approximate surface area is 408 Å². The van der Waals surface area contributed by atoms with Crippen LogP contribution in [-0.2, 0) is 16.2 Å². The molecule has 11 aromatic rings. The Hall–Kier alpha value is -7.02. The summed E-state index contributed by atoms with van der Waals surface area (Å²) in [5.41, 5.74) is 23.1. The highest BCUT2D eigenvalue weighted by Gasteiger charge is 2.49. The van der Waals surface area contributed by atoms with Crippen LogP contribution in [0.4, 0.5) is 34.1 Å². The number of hydrogen-bond donors (Lipinski definition) is 0. The van der Waals surface area contributed by atoms with Crippen LogP contribution in [0.2, 0.25) is 0 Å². The van der Waals surface area contributed by atoms with Crippen molar-refractivity contribution in [3.05, 3.63) is 168 Å². The molecule has 3 aliphatic heterocycles. The van der Waals surface area contributed by atoms with E-state index in [0.717, 1.165) is 27.6 Å². The van der Waals surface area contributed by atoms with Gasteiger partial charge in [0.1, 0.15) is 5.58 Å². The molecule has 0 saturated carbocycles. The minimum absolute atomic E-state index is 0.00439. The summed E-state index contributed by atoms with van der Waals surface area (Å²) in [7, 11) is 0. The number of thiophene rings is 1. The minimum Gasteiger partial charge on any atom is -0.454 e. The van der Waals surface area contributed by atoms with Gasteiger partial charge in [0.15, 0.2) is 5.58 Å². The van der Waals surface area contributed by atoms with Crippen LogP contribution < -0.4 is 25.5 Å². The molecule has 0 radical (unpaired) electrons. The smallest absolute Gasteiger partial charge is 0.264 e. The Morgan fingerprint density at radius 2 is 1.14 bits per heavy atom. The summed E-state index contributed by atoms with van der Waals surface area (Å²) in [6.07, 6.45) is 0. The first-order valence-corrected chi connectivity index (χ1v) is 25.4. The third-order valence-corrected chi connectivity index (χ3v) is 16.8. The number of anilines is 6. The fourth-order valence-corrected chi connectivity index (χ4v) is 13.3. The molecular weight excluding hydrogens is 858 g/mol. The molecule has 336 valence electrons. The molecule has 6 heterocycles. The van der Waals surface area contributed by atoms with Gasteiger partial charge in [-0.05, 0) is 134 Å². The van der Waals surface area contributed by atoms with Gasteiger partial charge in [0.2, 0.25) is 0 Å². The number of fused-ring (bicyclic) bond motifs is 14. The Bertz CT molecular complexity index is 4050. The topological polar surface area (TPSA) is 24.6 Å². The fourth-order valence-electron chi connectivity index (χ4n) is 12.0. The van der Waals surface area contributed by atoms with E-state index in [2.05, 4.69) is 229 Å². The third kappa shape index (κ3) is 5.64. The van der Waals surface area contributed by atoms with Crippen LogP contribution in [0.3, 0.4) is 0 Å². The van der Waals surface area contributed by atoms with Crippen molar-refractivity contribution in [3.63, 3.8) is 0 Å². The van der Waals surface area contributed by atoms with E-state index in [1.807, 2.05) is 11.3 Å². The van der Waals surface area contributed by atoms with Gasteiger partial charge in [-0.3, -0.25) is 0 Å². The van der Waals surface area contributed by atoms with Crippen molar-refractivity contribution in [2.75, 3.05) is 9.80 Å². The average Bonchev–Trinajstić information content (AvgIpc) is 4.00. The zero-order chi connectivity index (χ0) is 47.2. The molecule has 69 heavy (non-hydrogen) atoms. The number of hydrogen-bond acceptors (Lipinski definition) is 4. The quantitative estimate of drug-likeness (QED) is 0.162. The van der Waals surface area contributed by atoms with Crippen molar-refractivity contribution in [1.29, 1.82) is 0 Å². The van der Waals surface area contributed by atoms with Crippen molar-refractivity contribution in [3.8, 4) is 16.8 Å². The second-order valence-corrected chi connectivity index (χ2v) is 24.2. The predicted octanol–water partition coefficient (Wildman–Crippen LogP) is 16.2. The molecule has 0 amide bonds. The molecule has 0 N–H and O–H groups in total. The van der Waals surface area contributed by atoms with Crippen molar-refractivity contribution >= 4 is 122 Å². The molecule has 3 aromatic heterocycles. The maximum absolute atomic E-state index is 6.98. The van der Waals surface area contributed by atoms with E-state index < -0.39 is 0 Å². The van der Waals surface area contributed by atoms with Gasteiger partial charge < -0.3 is 18.8 Å². The lowest BCUT2D eigenvalue weighted by molar-refractivity contribution is 0.590. The summed E-state index contributed by atoms with van der Waals surface area (Å²) >= 11 is 1.96. The van der Waals surface area contributed by atoms with Crippen molar-refractivity contribution in [2.45, 2.75) is 85.5 Å². The van der Waals surface area contributed by atoms with Gasteiger partial charge in [-0.1, -0.05) is 141 Å². The second-order valence-electron chi connectivity index (χ2n) is 23.1. The highest BCUT2D eigenvalue weighted by molar-refractivity contribution is 7.33. The summed E-state index contributed by atoms with van der Waals surface area (Å²) in [5.74, 6) is 0. The number of aromatic nitrogens is 1. The first-order valence-electron chi connectivity index (χ1n) is 24.6. The fraction of sp³-hybridized carbons (Fsp3) is 0.206. The average molecular weight is 912 g/mol. The van der Waals surface area contributed by atoms with Crippen LogP contribution in [0.1, 0.15) is 84.6 Å². The maximum Gasteiger partial charge on any atom is 0.264 e. The van der Waals surface area contributed by atoms with Crippen LogP contribution in [0.5, 0.6) is 0 Å². The number of furan rings is 1. The van der Waals surface area contributed by atoms with Crippen LogP contribution in [-0.4, -0.2) is 11.3 Å². The molecular formula is C63H54BN3OS. The first kappa shape index (κ1) is 41.0. The van der Waals surface area contributed by atoms with E-state index in [4.69, 9.17) is 4.42 Å². The van der Waals surface area contributed by atoms with E-state index in [9.17, 15) is 0 Å². The lowest BCUT2D eigenvalue weighted by Crippen LogP contribution is -2.61. The highest BCUT2D eigenvalue weighted by Crippen LogP contribution is 2.56. The SMILES string of the molecule is Cc1cc2c3c(c1)N1c4c(cc(C(C)(C)C)cc4-n4c5ccc(C(C)(C)C)cc5c5cc(C(C)(C)C)cc1c54)B3c1sc3ccc(-c4ccccc4)cc3c1N2c1cccc2c1oc1ccccc12. The zero-order valence-corrected chi connectivity index (χ0v) is 41.9. The number of nitrogens with zero attached hydrogens (tertiary/aromatic N) is 3. The summed E-state index contributed by atoms with van der Waals surface area (Å²) < 4.78 is 12.3. The van der Waals surface area contributed by atoms with Gasteiger partial charge >= 0.3 is 0 Å². The standard InChI is InChI=1S/C63H54BN3OS/c1-35-27-49-55-50(28-35)67-51-33-39(62(5,6)7)31-44-43-30-38(61(2,3)4)24-25-47(43)65(56(44)51)52-34-40(63(8,9)10)32-46(58(52)67)64(55)60-57(45-29-37(23-26-54(45)69-60)36-17-12-11-13-18-36)66(49)48-21-16-20-42-41-19-14-15-22-53(41)68-59(42)48/h11-34H,1-10H3. The molecule has 6 heteroatoms. The second kappa shape index (κ2) is 13.6. The molecule has 0 saturated heterocycles. The van der Waals surface area contributed by atoms with Gasteiger partial charge in [-0.25, -0.2) is 0 Å². The molecule has 8 aromatic carbocycles. The maximum atomic E-state index is 6.98. The molecule has 4 nitrogen and oxygen atoms in total. The zero-order valence-electron chi connectivity index (χ0n) is 41.1. The van der Waals surface area contributed by atoms with Gasteiger partial charge in [-0.2, -0.15) is 0 Å². The van der Waals surface area contributed by atoms with Crippen molar-refractivity contribution in [1.82, 2.24) is 4.57 Å². The molecule has 0 atom stereocenters. The highest BCUT2D eigenvalue weighted by atomic mass is 32.1. The van der Waals surface area contributed by atoms with E-state index in [1.54, 1.807) is 0 Å². The van der Waals surface area contributed by atoms with Gasteiger partial charge in [0.05, 0.1) is 39.5 Å². The van der Waals surface area contributed by atoms with Gasteiger partial charge in [0.25, 0.3) is 6.71 Å². The van der Waals surface area contributed by atoms with Crippen LogP contribution in [0.25, 0.3) is 70.6 Å². The van der Waals surface area contributed by atoms with Gasteiger partial charge in [0, 0.05) is 47.8 Å². The van der Waals surface area contributed by atoms with E-state index in [0.29, 0.717) is 0 Å². The largest absolute Gasteiger partial charge is 0.454 e. The lowest BCUT2D eigenvalue weighted by Gasteiger charge is -2.46. The van der Waals surface area contributed by atoms with E-state index in [1.165, 1.54) is 115 Å². The molecule has 0 fully saturated rings. The Morgan fingerprint density at radius 1 is 0.478 bits per heavy atom. The van der Waals surface area contributed by atoms with Crippen LogP contribution in [0, 0.1) is 6.92 Å². The molecule has 0 spiro atoms. The first-order chi connectivity index (χ1) is 33.0. The number of benzene rings is 8. The van der Waals surface area contributed by atoms with Crippen molar-refractivity contribution < 1.29 is 4.42 Å². The Kier molecular flexibility index (Phi) is 8.09. The molecule has 3 aliphatic rings. The summed E-state index contributed by atoms with van der Waals surface area (Å²) in [6.45, 7) is 23.5.